The van der Waals surface area contributed by atoms with Gasteiger partial charge in [0.05, 0.1) is 24.5 Å². The zero-order chi connectivity index (χ0) is 15.1. The zero-order valence-electron chi connectivity index (χ0n) is 12.8. The minimum Gasteiger partial charge on any atom is -0.360 e. The summed E-state index contributed by atoms with van der Waals surface area (Å²) < 4.78 is 6.89. The molecule has 3 heterocycles. The Hall–Kier alpha value is -1.95. The number of hydrogen-bond donors (Lipinski definition) is 0. The minimum atomic E-state index is 0.0463. The van der Waals surface area contributed by atoms with Crippen molar-refractivity contribution in [3.05, 3.63) is 45.2 Å². The van der Waals surface area contributed by atoms with Gasteiger partial charge in [-0.15, -0.1) is 0 Å². The number of aromatic nitrogens is 3. The van der Waals surface area contributed by atoms with Crippen molar-refractivity contribution in [1.82, 2.24) is 19.8 Å². The summed E-state index contributed by atoms with van der Waals surface area (Å²) in [6.45, 7) is 5.40. The largest absolute Gasteiger partial charge is 0.360 e. The molecule has 0 aromatic carbocycles. The number of aryl methyl sites for hydroxylation is 3. The van der Waals surface area contributed by atoms with Crippen molar-refractivity contribution in [1.29, 1.82) is 0 Å². The van der Waals surface area contributed by atoms with Gasteiger partial charge in [-0.1, -0.05) is 5.16 Å². The predicted molar refractivity (Wildman–Crippen MR) is 80.5 cm³/mol. The fourth-order valence-electron chi connectivity index (χ4n) is 3.45. The first-order chi connectivity index (χ1) is 10.7. The van der Waals surface area contributed by atoms with Gasteiger partial charge in [0.15, 0.2) is 5.76 Å². The molecule has 2 aromatic heterocycles. The number of likely N-dealkylation sites (tertiary alicyclic amines) is 1. The molecule has 116 valence electrons. The van der Waals surface area contributed by atoms with Crippen LogP contribution in [0.3, 0.4) is 0 Å². The van der Waals surface area contributed by atoms with E-state index in [1.165, 1.54) is 0 Å². The molecule has 2 aliphatic rings. The van der Waals surface area contributed by atoms with Gasteiger partial charge in [-0.3, -0.25) is 9.69 Å². The first-order valence-corrected chi connectivity index (χ1v) is 7.92. The summed E-state index contributed by atoms with van der Waals surface area (Å²) in [4.78, 5) is 14.4. The van der Waals surface area contributed by atoms with Crippen molar-refractivity contribution < 1.29 is 4.52 Å². The van der Waals surface area contributed by atoms with Crippen molar-refractivity contribution in [2.75, 3.05) is 13.1 Å². The quantitative estimate of drug-likeness (QED) is 0.848. The highest BCUT2D eigenvalue weighted by molar-refractivity contribution is 5.22. The number of hydrogen-bond acceptors (Lipinski definition) is 5. The van der Waals surface area contributed by atoms with E-state index in [1.54, 1.807) is 10.7 Å². The molecule has 0 bridgehead atoms. The molecule has 0 saturated carbocycles. The molecule has 0 unspecified atom stereocenters. The van der Waals surface area contributed by atoms with E-state index < -0.39 is 0 Å². The number of nitrogens with zero attached hydrogens (tertiary/aromatic N) is 4. The molecule has 1 fully saturated rings. The molecule has 0 atom stereocenters. The van der Waals surface area contributed by atoms with Crippen LogP contribution in [0.15, 0.2) is 21.5 Å². The Balaban J connectivity index is 1.35. The average molecular weight is 300 g/mol. The van der Waals surface area contributed by atoms with Crippen LogP contribution in [0.2, 0.25) is 0 Å². The molecule has 0 radical (unpaired) electrons. The second-order valence-electron chi connectivity index (χ2n) is 6.48. The van der Waals surface area contributed by atoms with Crippen LogP contribution in [-0.4, -0.2) is 32.9 Å². The van der Waals surface area contributed by atoms with E-state index in [1.807, 2.05) is 13.0 Å². The minimum absolute atomic E-state index is 0.0463. The van der Waals surface area contributed by atoms with Gasteiger partial charge in [0.1, 0.15) is 0 Å². The van der Waals surface area contributed by atoms with Crippen molar-refractivity contribution in [3.8, 4) is 0 Å². The lowest BCUT2D eigenvalue weighted by Gasteiger charge is -2.38. The van der Waals surface area contributed by atoms with Gasteiger partial charge in [-0.25, -0.2) is 4.68 Å². The second-order valence-corrected chi connectivity index (χ2v) is 6.48. The van der Waals surface area contributed by atoms with E-state index in [2.05, 4.69) is 15.2 Å². The van der Waals surface area contributed by atoms with E-state index in [0.29, 0.717) is 5.92 Å². The second kappa shape index (κ2) is 5.35. The average Bonchev–Trinajstić information content (AvgIpc) is 3.05. The van der Waals surface area contributed by atoms with Crippen LogP contribution in [0.5, 0.6) is 0 Å². The Kier molecular flexibility index (Phi) is 3.33. The van der Waals surface area contributed by atoms with Crippen LogP contribution in [0.25, 0.3) is 0 Å². The highest BCUT2D eigenvalue weighted by atomic mass is 16.5. The van der Waals surface area contributed by atoms with Crippen LogP contribution >= 0.6 is 0 Å². The van der Waals surface area contributed by atoms with Gasteiger partial charge < -0.3 is 4.52 Å². The fraction of sp³-hybridized carbons (Fsp3) is 0.562. The summed E-state index contributed by atoms with van der Waals surface area (Å²) in [6.07, 6.45) is 3.14. The van der Waals surface area contributed by atoms with Gasteiger partial charge in [-0.2, -0.15) is 5.10 Å². The lowest BCUT2D eigenvalue weighted by atomic mass is 10.00. The summed E-state index contributed by atoms with van der Waals surface area (Å²) in [6, 6.07) is 3.75. The standard InChI is InChI=1S/C16H20N4O2/c1-11-5-14(22-18-11)10-19-7-12(8-19)9-20-16(21)6-13-3-2-4-15(13)17-20/h5-6,12H,2-4,7-10H2,1H3. The topological polar surface area (TPSA) is 64.2 Å². The maximum absolute atomic E-state index is 12.1. The molecule has 0 amide bonds. The summed E-state index contributed by atoms with van der Waals surface area (Å²) in [5.74, 6) is 1.40. The van der Waals surface area contributed by atoms with Gasteiger partial charge in [0, 0.05) is 31.1 Å². The van der Waals surface area contributed by atoms with Crippen LogP contribution < -0.4 is 5.56 Å². The van der Waals surface area contributed by atoms with Crippen molar-refractivity contribution in [3.63, 3.8) is 0 Å². The Morgan fingerprint density at radius 3 is 2.95 bits per heavy atom. The fourth-order valence-corrected chi connectivity index (χ4v) is 3.45. The normalized spacial score (nSPS) is 18.4. The molecule has 4 rings (SSSR count). The highest BCUT2D eigenvalue weighted by Crippen LogP contribution is 2.21. The molecule has 1 aliphatic carbocycles. The van der Waals surface area contributed by atoms with Crippen LogP contribution in [0.1, 0.15) is 29.1 Å². The zero-order valence-corrected chi connectivity index (χ0v) is 12.8. The molecule has 2 aromatic rings. The van der Waals surface area contributed by atoms with Crippen LogP contribution in [-0.2, 0) is 25.9 Å². The van der Waals surface area contributed by atoms with E-state index in [9.17, 15) is 4.79 Å². The Bertz CT molecular complexity index is 743. The Morgan fingerprint density at radius 2 is 2.18 bits per heavy atom. The first-order valence-electron chi connectivity index (χ1n) is 7.92. The van der Waals surface area contributed by atoms with E-state index >= 15 is 0 Å². The molecule has 1 aliphatic heterocycles. The van der Waals surface area contributed by atoms with Crippen molar-refractivity contribution in [2.24, 2.45) is 5.92 Å². The maximum Gasteiger partial charge on any atom is 0.267 e. The van der Waals surface area contributed by atoms with E-state index in [0.717, 1.165) is 68.2 Å². The molecule has 0 spiro atoms. The maximum atomic E-state index is 12.1. The smallest absolute Gasteiger partial charge is 0.267 e. The van der Waals surface area contributed by atoms with Gasteiger partial charge in [0.25, 0.3) is 5.56 Å². The number of fused-ring (bicyclic) bond motifs is 1. The third-order valence-corrected chi connectivity index (χ3v) is 4.54. The summed E-state index contributed by atoms with van der Waals surface area (Å²) in [7, 11) is 0. The SMILES string of the molecule is Cc1cc(CN2CC(Cn3nc4c(cc3=O)CCC4)C2)on1. The summed E-state index contributed by atoms with van der Waals surface area (Å²) in [5, 5.41) is 8.45. The third-order valence-electron chi connectivity index (χ3n) is 4.54. The molecule has 22 heavy (non-hydrogen) atoms. The summed E-state index contributed by atoms with van der Waals surface area (Å²) >= 11 is 0. The van der Waals surface area contributed by atoms with Crippen molar-refractivity contribution in [2.45, 2.75) is 39.3 Å². The lowest BCUT2D eigenvalue weighted by molar-refractivity contribution is 0.0675. The molecular formula is C16H20N4O2. The Morgan fingerprint density at radius 1 is 1.32 bits per heavy atom. The summed E-state index contributed by atoms with van der Waals surface area (Å²) in [5.41, 5.74) is 3.23. The molecule has 1 saturated heterocycles. The van der Waals surface area contributed by atoms with E-state index in [-0.39, 0.29) is 5.56 Å². The van der Waals surface area contributed by atoms with Crippen LogP contribution in [0, 0.1) is 12.8 Å². The molecule has 0 N–H and O–H groups in total. The monoisotopic (exact) mass is 300 g/mol. The molecule has 6 heteroatoms. The van der Waals surface area contributed by atoms with E-state index in [4.69, 9.17) is 4.52 Å². The third kappa shape index (κ3) is 2.59. The van der Waals surface area contributed by atoms with Gasteiger partial charge >= 0.3 is 0 Å². The number of rotatable bonds is 4. The van der Waals surface area contributed by atoms with Gasteiger partial charge in [0.2, 0.25) is 0 Å². The van der Waals surface area contributed by atoms with Gasteiger partial charge in [-0.05, 0) is 31.7 Å². The first kappa shape index (κ1) is 13.7. The lowest BCUT2D eigenvalue weighted by Crippen LogP contribution is -2.48. The van der Waals surface area contributed by atoms with Crippen LogP contribution in [0.4, 0.5) is 0 Å². The highest BCUT2D eigenvalue weighted by Gasteiger charge is 2.28. The molecular weight excluding hydrogens is 280 g/mol. The molecule has 6 nitrogen and oxygen atoms in total. The van der Waals surface area contributed by atoms with Crippen molar-refractivity contribution >= 4 is 0 Å². The predicted octanol–water partition coefficient (Wildman–Crippen LogP) is 1.16. The Labute approximate surface area is 128 Å².